The Morgan fingerprint density at radius 1 is 1.35 bits per heavy atom. The van der Waals surface area contributed by atoms with Gasteiger partial charge in [0.2, 0.25) is 5.91 Å². The minimum atomic E-state index is -0.845. The Balaban J connectivity index is 3.62. The first-order valence-corrected chi connectivity index (χ1v) is 5.65. The second-order valence-corrected chi connectivity index (χ2v) is 3.72. The van der Waals surface area contributed by atoms with Gasteiger partial charge in [0, 0.05) is 20.1 Å². The van der Waals surface area contributed by atoms with Gasteiger partial charge in [-0.15, -0.1) is 0 Å². The van der Waals surface area contributed by atoms with Gasteiger partial charge in [-0.1, -0.05) is 13.3 Å². The van der Waals surface area contributed by atoms with Crippen molar-refractivity contribution in [3.05, 3.63) is 0 Å². The first-order chi connectivity index (χ1) is 8.10. The first-order valence-electron chi connectivity index (χ1n) is 5.65. The quantitative estimate of drug-likeness (QED) is 0.541. The van der Waals surface area contributed by atoms with E-state index in [-0.39, 0.29) is 24.9 Å². The summed E-state index contributed by atoms with van der Waals surface area (Å²) in [5.74, 6) is -1.11. The summed E-state index contributed by atoms with van der Waals surface area (Å²) in [7, 11) is 1.56. The fourth-order valence-electron chi connectivity index (χ4n) is 1.22. The normalized spacial score (nSPS) is 12.1. The second-order valence-electron chi connectivity index (χ2n) is 3.72. The standard InChI is InChI=1S/C11H21NO5/c1-3-9(6-11(14)15)7-12-10(13)8-17-5-4-16-2/h9H,3-8H2,1-2H3,(H,12,13)(H,14,15). The summed E-state index contributed by atoms with van der Waals surface area (Å²) in [6.45, 7) is 3.07. The molecule has 100 valence electrons. The van der Waals surface area contributed by atoms with Gasteiger partial charge in [0.15, 0.2) is 0 Å². The molecule has 1 atom stereocenters. The Kier molecular flexibility index (Phi) is 9.37. The van der Waals surface area contributed by atoms with Crippen LogP contribution in [0.2, 0.25) is 0 Å². The van der Waals surface area contributed by atoms with Crippen LogP contribution in [-0.4, -0.2) is 50.5 Å². The number of carbonyl (C=O) groups is 2. The van der Waals surface area contributed by atoms with Gasteiger partial charge < -0.3 is 19.9 Å². The molecule has 0 fully saturated rings. The van der Waals surface area contributed by atoms with Crippen LogP contribution in [0.1, 0.15) is 19.8 Å². The zero-order valence-electron chi connectivity index (χ0n) is 10.4. The van der Waals surface area contributed by atoms with E-state index in [9.17, 15) is 9.59 Å². The van der Waals surface area contributed by atoms with Crippen LogP contribution in [0.4, 0.5) is 0 Å². The maximum atomic E-state index is 11.3. The number of carbonyl (C=O) groups excluding carboxylic acids is 1. The molecule has 0 radical (unpaired) electrons. The molecule has 0 bridgehead atoms. The molecule has 1 amide bonds. The molecular weight excluding hydrogens is 226 g/mol. The Bertz CT molecular complexity index is 232. The van der Waals surface area contributed by atoms with Gasteiger partial charge in [0.1, 0.15) is 6.61 Å². The third-order valence-corrected chi connectivity index (χ3v) is 2.29. The summed E-state index contributed by atoms with van der Waals surface area (Å²) in [4.78, 5) is 21.8. The molecule has 6 heteroatoms. The van der Waals surface area contributed by atoms with Crippen LogP contribution in [0.15, 0.2) is 0 Å². The van der Waals surface area contributed by atoms with E-state index in [1.54, 1.807) is 7.11 Å². The Morgan fingerprint density at radius 2 is 2.06 bits per heavy atom. The summed E-state index contributed by atoms with van der Waals surface area (Å²) in [6, 6.07) is 0. The molecule has 1 unspecified atom stereocenters. The number of nitrogens with one attached hydrogen (secondary N) is 1. The van der Waals surface area contributed by atoms with E-state index in [1.807, 2.05) is 6.92 Å². The topological polar surface area (TPSA) is 84.9 Å². The lowest BCUT2D eigenvalue weighted by atomic mass is 10.0. The summed E-state index contributed by atoms with van der Waals surface area (Å²) in [5.41, 5.74) is 0. The third-order valence-electron chi connectivity index (χ3n) is 2.29. The van der Waals surface area contributed by atoms with Crippen LogP contribution in [0.25, 0.3) is 0 Å². The Hall–Kier alpha value is -1.14. The number of aliphatic carboxylic acids is 1. The van der Waals surface area contributed by atoms with Crippen LogP contribution >= 0.6 is 0 Å². The summed E-state index contributed by atoms with van der Waals surface area (Å²) in [5, 5.41) is 11.3. The number of ether oxygens (including phenoxy) is 2. The number of carboxylic acids is 1. The van der Waals surface area contributed by atoms with Crippen LogP contribution < -0.4 is 5.32 Å². The van der Waals surface area contributed by atoms with Crippen LogP contribution in [0.3, 0.4) is 0 Å². The highest BCUT2D eigenvalue weighted by molar-refractivity contribution is 5.77. The van der Waals surface area contributed by atoms with Crippen molar-refractivity contribution in [3.8, 4) is 0 Å². The fourth-order valence-corrected chi connectivity index (χ4v) is 1.22. The monoisotopic (exact) mass is 247 g/mol. The maximum absolute atomic E-state index is 11.3. The van der Waals surface area contributed by atoms with Gasteiger partial charge >= 0.3 is 5.97 Å². The molecule has 0 aromatic heterocycles. The number of amides is 1. The SMILES string of the molecule is CCC(CNC(=O)COCCOC)CC(=O)O. The molecule has 6 nitrogen and oxygen atoms in total. The molecule has 0 aromatic rings. The zero-order valence-corrected chi connectivity index (χ0v) is 10.4. The van der Waals surface area contributed by atoms with Gasteiger partial charge in [-0.2, -0.15) is 0 Å². The maximum Gasteiger partial charge on any atom is 0.303 e. The van der Waals surface area contributed by atoms with Crippen LogP contribution in [-0.2, 0) is 19.1 Å². The second kappa shape index (κ2) is 10.0. The highest BCUT2D eigenvalue weighted by Crippen LogP contribution is 2.06. The van der Waals surface area contributed by atoms with E-state index in [0.29, 0.717) is 19.8 Å². The molecule has 0 saturated carbocycles. The highest BCUT2D eigenvalue weighted by atomic mass is 16.5. The lowest BCUT2D eigenvalue weighted by Gasteiger charge is -2.13. The lowest BCUT2D eigenvalue weighted by Crippen LogP contribution is -2.33. The van der Waals surface area contributed by atoms with Crippen molar-refractivity contribution in [1.29, 1.82) is 0 Å². The first kappa shape index (κ1) is 15.9. The highest BCUT2D eigenvalue weighted by Gasteiger charge is 2.12. The molecule has 0 aromatic carbocycles. The Morgan fingerprint density at radius 3 is 2.59 bits per heavy atom. The molecule has 0 aliphatic rings. The van der Waals surface area contributed by atoms with Crippen molar-refractivity contribution < 1.29 is 24.2 Å². The summed E-state index contributed by atoms with van der Waals surface area (Å²) < 4.78 is 9.79. The van der Waals surface area contributed by atoms with E-state index in [2.05, 4.69) is 5.32 Å². The zero-order chi connectivity index (χ0) is 13.1. The largest absolute Gasteiger partial charge is 0.481 e. The van der Waals surface area contributed by atoms with Gasteiger partial charge in [-0.25, -0.2) is 0 Å². The number of rotatable bonds is 10. The van der Waals surface area contributed by atoms with Crippen molar-refractivity contribution in [2.45, 2.75) is 19.8 Å². The lowest BCUT2D eigenvalue weighted by molar-refractivity contribution is -0.138. The Labute approximate surface area is 101 Å². The van der Waals surface area contributed by atoms with E-state index in [4.69, 9.17) is 14.6 Å². The molecule has 0 spiro atoms. The van der Waals surface area contributed by atoms with E-state index >= 15 is 0 Å². The predicted octanol–water partition coefficient (Wildman–Crippen LogP) is 0.266. The van der Waals surface area contributed by atoms with Gasteiger partial charge in [0.25, 0.3) is 0 Å². The minimum Gasteiger partial charge on any atom is -0.481 e. The number of hydrogen-bond acceptors (Lipinski definition) is 4. The number of methoxy groups -OCH3 is 1. The summed E-state index contributed by atoms with van der Waals surface area (Å²) >= 11 is 0. The predicted molar refractivity (Wildman–Crippen MR) is 61.7 cm³/mol. The van der Waals surface area contributed by atoms with E-state index in [1.165, 1.54) is 0 Å². The molecule has 0 rings (SSSR count). The molecule has 0 saturated heterocycles. The van der Waals surface area contributed by atoms with E-state index in [0.717, 1.165) is 6.42 Å². The molecule has 2 N–H and O–H groups in total. The fraction of sp³-hybridized carbons (Fsp3) is 0.818. The average Bonchev–Trinajstić information content (AvgIpc) is 2.29. The molecule has 17 heavy (non-hydrogen) atoms. The van der Waals surface area contributed by atoms with Gasteiger partial charge in [-0.3, -0.25) is 9.59 Å². The number of hydrogen-bond donors (Lipinski definition) is 2. The smallest absolute Gasteiger partial charge is 0.303 e. The summed E-state index contributed by atoms with van der Waals surface area (Å²) in [6.07, 6.45) is 0.790. The van der Waals surface area contributed by atoms with Crippen LogP contribution in [0.5, 0.6) is 0 Å². The van der Waals surface area contributed by atoms with Crippen LogP contribution in [0, 0.1) is 5.92 Å². The van der Waals surface area contributed by atoms with Crippen molar-refractivity contribution in [1.82, 2.24) is 5.32 Å². The van der Waals surface area contributed by atoms with Gasteiger partial charge in [0.05, 0.1) is 13.2 Å². The molecule has 0 aliphatic heterocycles. The van der Waals surface area contributed by atoms with Crippen molar-refractivity contribution in [3.63, 3.8) is 0 Å². The van der Waals surface area contributed by atoms with Crippen molar-refractivity contribution in [2.75, 3.05) is 33.5 Å². The molecular formula is C11H21NO5. The number of carboxylic acid groups (broad SMARTS) is 1. The molecule has 0 aliphatic carbocycles. The van der Waals surface area contributed by atoms with Gasteiger partial charge in [-0.05, 0) is 5.92 Å². The van der Waals surface area contributed by atoms with Crippen molar-refractivity contribution >= 4 is 11.9 Å². The average molecular weight is 247 g/mol. The van der Waals surface area contributed by atoms with Crippen molar-refractivity contribution in [2.24, 2.45) is 5.92 Å². The third kappa shape index (κ3) is 9.77. The molecule has 0 heterocycles. The van der Waals surface area contributed by atoms with E-state index < -0.39 is 5.97 Å². The minimum absolute atomic E-state index is 0.0210.